The first-order valence-corrected chi connectivity index (χ1v) is 6.78. The van der Waals surface area contributed by atoms with Crippen LogP contribution in [0.4, 0.5) is 0 Å². The van der Waals surface area contributed by atoms with Crippen LogP contribution in [0.3, 0.4) is 0 Å². The van der Waals surface area contributed by atoms with Gasteiger partial charge in [0.1, 0.15) is 5.75 Å². The van der Waals surface area contributed by atoms with Gasteiger partial charge in [-0.2, -0.15) is 5.10 Å². The average molecular weight is 274 g/mol. The third kappa shape index (κ3) is 2.55. The topological polar surface area (TPSA) is 65.1 Å². The van der Waals surface area contributed by atoms with Gasteiger partial charge in [-0.15, -0.1) is 0 Å². The number of benzene rings is 1. The molecule has 0 aliphatic rings. The zero-order chi connectivity index (χ0) is 14.7. The Morgan fingerprint density at radius 2 is 2.05 bits per heavy atom. The molecule has 0 bridgehead atoms. The van der Waals surface area contributed by atoms with Gasteiger partial charge >= 0.3 is 0 Å². The van der Waals surface area contributed by atoms with E-state index < -0.39 is 0 Å². The SMILES string of the molecule is CCOc1ccccc1C(NN)c1c(C)nn(C)c1C. The summed E-state index contributed by atoms with van der Waals surface area (Å²) in [6.45, 7) is 6.64. The fraction of sp³-hybridized carbons (Fsp3) is 0.400. The minimum Gasteiger partial charge on any atom is -0.494 e. The van der Waals surface area contributed by atoms with Gasteiger partial charge in [-0.3, -0.25) is 10.5 Å². The van der Waals surface area contributed by atoms with E-state index in [4.69, 9.17) is 10.6 Å². The Hall–Kier alpha value is -1.85. The number of nitrogens with zero attached hydrogens (tertiary/aromatic N) is 2. The lowest BCUT2D eigenvalue weighted by Gasteiger charge is -2.20. The smallest absolute Gasteiger partial charge is 0.124 e. The van der Waals surface area contributed by atoms with Crippen molar-refractivity contribution in [3.05, 3.63) is 46.8 Å². The van der Waals surface area contributed by atoms with Crippen LogP contribution >= 0.6 is 0 Å². The van der Waals surface area contributed by atoms with Crippen LogP contribution in [0.1, 0.15) is 35.5 Å². The fourth-order valence-corrected chi connectivity index (χ4v) is 2.54. The van der Waals surface area contributed by atoms with Crippen molar-refractivity contribution in [1.29, 1.82) is 0 Å². The van der Waals surface area contributed by atoms with Gasteiger partial charge in [-0.25, -0.2) is 5.43 Å². The molecular formula is C15H22N4O. The van der Waals surface area contributed by atoms with Crippen molar-refractivity contribution in [1.82, 2.24) is 15.2 Å². The molecule has 2 aromatic rings. The summed E-state index contributed by atoms with van der Waals surface area (Å²) < 4.78 is 7.58. The van der Waals surface area contributed by atoms with Crippen LogP contribution in [0.5, 0.6) is 5.75 Å². The number of aryl methyl sites for hydroxylation is 2. The first-order chi connectivity index (χ1) is 9.60. The van der Waals surface area contributed by atoms with E-state index in [9.17, 15) is 0 Å². The van der Waals surface area contributed by atoms with E-state index >= 15 is 0 Å². The van der Waals surface area contributed by atoms with Gasteiger partial charge in [0.05, 0.1) is 18.3 Å². The molecule has 5 heteroatoms. The minimum absolute atomic E-state index is 0.133. The number of para-hydroxylation sites is 1. The normalized spacial score (nSPS) is 12.4. The summed E-state index contributed by atoms with van der Waals surface area (Å²) >= 11 is 0. The second-order valence-electron chi connectivity index (χ2n) is 4.78. The molecule has 0 saturated carbocycles. The molecule has 0 aliphatic carbocycles. The van der Waals surface area contributed by atoms with Crippen LogP contribution in [0.2, 0.25) is 0 Å². The van der Waals surface area contributed by atoms with E-state index in [0.29, 0.717) is 6.61 Å². The van der Waals surface area contributed by atoms with Crippen molar-refractivity contribution in [3.8, 4) is 5.75 Å². The summed E-state index contributed by atoms with van der Waals surface area (Å²) in [5.74, 6) is 6.65. The summed E-state index contributed by atoms with van der Waals surface area (Å²) in [5, 5.41) is 4.46. The molecule has 3 N–H and O–H groups in total. The lowest BCUT2D eigenvalue weighted by molar-refractivity contribution is 0.333. The van der Waals surface area contributed by atoms with Gasteiger partial charge in [0.2, 0.25) is 0 Å². The number of hydrogen-bond acceptors (Lipinski definition) is 4. The molecule has 0 spiro atoms. The molecule has 1 heterocycles. The maximum absolute atomic E-state index is 5.81. The Morgan fingerprint density at radius 3 is 2.60 bits per heavy atom. The largest absolute Gasteiger partial charge is 0.494 e. The zero-order valence-corrected chi connectivity index (χ0v) is 12.5. The first kappa shape index (κ1) is 14.6. The van der Waals surface area contributed by atoms with Crippen molar-refractivity contribution in [2.24, 2.45) is 12.9 Å². The maximum atomic E-state index is 5.81. The Bertz CT molecular complexity index is 592. The van der Waals surface area contributed by atoms with Crippen molar-refractivity contribution >= 4 is 0 Å². The maximum Gasteiger partial charge on any atom is 0.124 e. The fourth-order valence-electron chi connectivity index (χ4n) is 2.54. The minimum atomic E-state index is -0.133. The number of aromatic nitrogens is 2. The molecular weight excluding hydrogens is 252 g/mol. The summed E-state index contributed by atoms with van der Waals surface area (Å²) in [4.78, 5) is 0. The molecule has 1 atom stereocenters. The molecule has 20 heavy (non-hydrogen) atoms. The Labute approximate surface area is 119 Å². The lowest BCUT2D eigenvalue weighted by atomic mass is 9.97. The third-order valence-electron chi connectivity index (χ3n) is 3.55. The van der Waals surface area contributed by atoms with E-state index in [1.165, 1.54) is 0 Å². The lowest BCUT2D eigenvalue weighted by Crippen LogP contribution is -2.30. The molecule has 5 nitrogen and oxygen atoms in total. The van der Waals surface area contributed by atoms with Gasteiger partial charge in [0.25, 0.3) is 0 Å². The van der Waals surface area contributed by atoms with Crippen LogP contribution in [-0.4, -0.2) is 16.4 Å². The number of nitrogens with two attached hydrogens (primary N) is 1. The van der Waals surface area contributed by atoms with Gasteiger partial charge in [0, 0.05) is 23.9 Å². The van der Waals surface area contributed by atoms with Crippen LogP contribution in [0.25, 0.3) is 0 Å². The quantitative estimate of drug-likeness (QED) is 0.646. The predicted octanol–water partition coefficient (Wildman–Crippen LogP) is 1.99. The molecule has 0 fully saturated rings. The number of ether oxygens (including phenoxy) is 1. The van der Waals surface area contributed by atoms with Crippen molar-refractivity contribution in [2.75, 3.05) is 6.61 Å². The Kier molecular flexibility index (Phi) is 4.42. The van der Waals surface area contributed by atoms with Crippen molar-refractivity contribution < 1.29 is 4.74 Å². The first-order valence-electron chi connectivity index (χ1n) is 6.78. The van der Waals surface area contributed by atoms with Gasteiger partial charge in [-0.1, -0.05) is 18.2 Å². The highest BCUT2D eigenvalue weighted by Crippen LogP contribution is 2.32. The van der Waals surface area contributed by atoms with E-state index in [1.807, 2.05) is 56.8 Å². The van der Waals surface area contributed by atoms with Gasteiger partial charge in [0.15, 0.2) is 0 Å². The monoisotopic (exact) mass is 274 g/mol. The van der Waals surface area contributed by atoms with E-state index in [0.717, 1.165) is 28.3 Å². The summed E-state index contributed by atoms with van der Waals surface area (Å²) in [6.07, 6.45) is 0. The summed E-state index contributed by atoms with van der Waals surface area (Å²) in [7, 11) is 1.94. The van der Waals surface area contributed by atoms with Crippen LogP contribution in [0, 0.1) is 13.8 Å². The Morgan fingerprint density at radius 1 is 1.35 bits per heavy atom. The average Bonchev–Trinajstić information content (AvgIpc) is 2.68. The highest BCUT2D eigenvalue weighted by atomic mass is 16.5. The highest BCUT2D eigenvalue weighted by molar-refractivity contribution is 5.44. The number of nitrogens with one attached hydrogen (secondary N) is 1. The predicted molar refractivity (Wildman–Crippen MR) is 79.5 cm³/mol. The van der Waals surface area contributed by atoms with Gasteiger partial charge < -0.3 is 4.74 Å². The number of hydrazine groups is 1. The molecule has 0 amide bonds. The molecule has 1 aromatic heterocycles. The van der Waals surface area contributed by atoms with Crippen LogP contribution in [0.15, 0.2) is 24.3 Å². The Balaban J connectivity index is 2.52. The number of hydrogen-bond donors (Lipinski definition) is 2. The molecule has 0 saturated heterocycles. The van der Waals surface area contributed by atoms with E-state index in [1.54, 1.807) is 0 Å². The van der Waals surface area contributed by atoms with Gasteiger partial charge in [-0.05, 0) is 26.8 Å². The summed E-state index contributed by atoms with van der Waals surface area (Å²) in [6, 6.07) is 7.81. The molecule has 2 rings (SSSR count). The van der Waals surface area contributed by atoms with E-state index in [-0.39, 0.29) is 6.04 Å². The second kappa shape index (κ2) is 6.07. The standard InChI is InChI=1S/C15H22N4O/c1-5-20-13-9-7-6-8-12(13)15(17-16)14-10(2)18-19(4)11(14)3/h6-9,15,17H,5,16H2,1-4H3. The van der Waals surface area contributed by atoms with E-state index in [2.05, 4.69) is 10.5 Å². The second-order valence-corrected chi connectivity index (χ2v) is 4.78. The molecule has 108 valence electrons. The highest BCUT2D eigenvalue weighted by Gasteiger charge is 2.23. The zero-order valence-electron chi connectivity index (χ0n) is 12.5. The molecule has 1 unspecified atom stereocenters. The molecule has 1 aromatic carbocycles. The number of rotatable bonds is 5. The molecule has 0 radical (unpaired) electrons. The third-order valence-corrected chi connectivity index (χ3v) is 3.55. The van der Waals surface area contributed by atoms with Crippen LogP contribution in [-0.2, 0) is 7.05 Å². The molecule has 0 aliphatic heterocycles. The van der Waals surface area contributed by atoms with Crippen molar-refractivity contribution in [2.45, 2.75) is 26.8 Å². The van der Waals surface area contributed by atoms with Crippen molar-refractivity contribution in [3.63, 3.8) is 0 Å². The summed E-state index contributed by atoms with van der Waals surface area (Å²) in [5.41, 5.74) is 7.08. The van der Waals surface area contributed by atoms with Crippen LogP contribution < -0.4 is 16.0 Å².